The van der Waals surface area contributed by atoms with Crippen LogP contribution in [0.3, 0.4) is 0 Å². The molecule has 1 aliphatic carbocycles. The van der Waals surface area contributed by atoms with E-state index in [-0.39, 0.29) is 0 Å². The van der Waals surface area contributed by atoms with Gasteiger partial charge in [0.15, 0.2) is 23.8 Å². The first-order valence-corrected chi connectivity index (χ1v) is 10.6. The van der Waals surface area contributed by atoms with Gasteiger partial charge in [-0.2, -0.15) is 0 Å². The maximum atomic E-state index is 11.3. The van der Waals surface area contributed by atoms with Crippen molar-refractivity contribution < 1.29 is 85.7 Å². The highest BCUT2D eigenvalue weighted by Crippen LogP contribution is 2.46. The third-order valence-electron chi connectivity index (χ3n) is 7.05. The Labute approximate surface area is 196 Å². The molecule has 35 heavy (non-hydrogen) atoms. The fourth-order valence-electron chi connectivity index (χ4n) is 4.83. The normalized spacial score (nSPS) is 57.8. The first-order valence-electron chi connectivity index (χ1n) is 10.6. The molecule has 2 heterocycles. The molecule has 2 saturated heterocycles. The highest BCUT2D eigenvalue weighted by Gasteiger charge is 2.73. The summed E-state index contributed by atoms with van der Waals surface area (Å²) in [5.74, 6) is 0. The van der Waals surface area contributed by atoms with E-state index >= 15 is 0 Å². The van der Waals surface area contributed by atoms with Crippen LogP contribution in [0.2, 0.25) is 0 Å². The second-order valence-corrected chi connectivity index (χ2v) is 8.98. The van der Waals surface area contributed by atoms with E-state index in [0.717, 1.165) is 0 Å². The van der Waals surface area contributed by atoms with Gasteiger partial charge in [0.2, 0.25) is 0 Å². The SMILES string of the molecule is OC[C@H]1OC(O)C(O)[C@@H](O)[C@@H]1O[C@@H]1O[C@](CO)(C2(O)[C@H](O)[C@H](O)C(O)[C@H](O)[C@H]2O)[C@H](O)[C@H](O)[C@H]1O. The van der Waals surface area contributed by atoms with Gasteiger partial charge < -0.3 is 85.7 Å². The summed E-state index contributed by atoms with van der Waals surface area (Å²) in [6.45, 7) is -2.48. The Hall–Kier alpha value is -0.680. The number of hydrogen-bond donors (Lipinski definition) is 14. The van der Waals surface area contributed by atoms with Crippen molar-refractivity contribution in [3.05, 3.63) is 0 Å². The summed E-state index contributed by atoms with van der Waals surface area (Å²) in [6.07, 6.45) is -30.9. The van der Waals surface area contributed by atoms with Gasteiger partial charge in [-0.3, -0.25) is 0 Å². The van der Waals surface area contributed by atoms with E-state index in [1.165, 1.54) is 0 Å². The van der Waals surface area contributed by atoms with Crippen molar-refractivity contribution in [1.82, 2.24) is 0 Å². The number of aliphatic hydroxyl groups excluding tert-OH is 13. The van der Waals surface area contributed by atoms with E-state index in [1.54, 1.807) is 0 Å². The van der Waals surface area contributed by atoms with Crippen molar-refractivity contribution in [2.75, 3.05) is 13.2 Å². The van der Waals surface area contributed by atoms with Crippen LogP contribution >= 0.6 is 0 Å². The lowest BCUT2D eigenvalue weighted by atomic mass is 9.62. The summed E-state index contributed by atoms with van der Waals surface area (Å²) in [4.78, 5) is 0. The third kappa shape index (κ3) is 4.19. The summed E-state index contributed by atoms with van der Waals surface area (Å²) < 4.78 is 15.6. The average Bonchev–Trinajstić information content (AvgIpc) is 2.85. The van der Waals surface area contributed by atoms with Gasteiger partial charge in [-0.25, -0.2) is 0 Å². The lowest BCUT2D eigenvalue weighted by molar-refractivity contribution is -0.423. The molecule has 16 atom stereocenters. The maximum absolute atomic E-state index is 11.3. The van der Waals surface area contributed by atoms with Crippen molar-refractivity contribution >= 4 is 0 Å². The second kappa shape index (κ2) is 10.2. The third-order valence-corrected chi connectivity index (χ3v) is 7.05. The molecule has 0 aromatic heterocycles. The minimum atomic E-state index is -3.43. The minimum Gasteiger partial charge on any atom is -0.394 e. The first-order chi connectivity index (χ1) is 16.2. The molecule has 14 N–H and O–H groups in total. The zero-order valence-corrected chi connectivity index (χ0v) is 18.0. The van der Waals surface area contributed by atoms with E-state index in [4.69, 9.17) is 14.2 Å². The number of hydrogen-bond acceptors (Lipinski definition) is 17. The van der Waals surface area contributed by atoms with Crippen molar-refractivity contribution in [2.24, 2.45) is 0 Å². The smallest absolute Gasteiger partial charge is 0.187 e. The van der Waals surface area contributed by atoms with Crippen LogP contribution in [-0.4, -0.2) is 182 Å². The highest BCUT2D eigenvalue weighted by atomic mass is 16.7. The molecular weight excluding hydrogens is 488 g/mol. The van der Waals surface area contributed by atoms with Gasteiger partial charge in [0.05, 0.1) is 13.2 Å². The Balaban J connectivity index is 2.02. The van der Waals surface area contributed by atoms with E-state index in [1.807, 2.05) is 0 Å². The van der Waals surface area contributed by atoms with Gasteiger partial charge >= 0.3 is 0 Å². The Morgan fingerprint density at radius 2 is 1.14 bits per heavy atom. The monoisotopic (exact) mass is 520 g/mol. The van der Waals surface area contributed by atoms with Crippen LogP contribution < -0.4 is 0 Å². The lowest BCUT2D eigenvalue weighted by Gasteiger charge is -2.60. The largest absolute Gasteiger partial charge is 0.394 e. The summed E-state index contributed by atoms with van der Waals surface area (Å²) >= 11 is 0. The van der Waals surface area contributed by atoms with Crippen molar-refractivity contribution in [2.45, 2.75) is 97.0 Å². The Morgan fingerprint density at radius 3 is 1.63 bits per heavy atom. The van der Waals surface area contributed by atoms with Crippen LogP contribution in [-0.2, 0) is 14.2 Å². The van der Waals surface area contributed by atoms with Crippen LogP contribution in [0, 0.1) is 0 Å². The zero-order chi connectivity index (χ0) is 26.6. The van der Waals surface area contributed by atoms with Gasteiger partial charge in [0.1, 0.15) is 73.2 Å². The second-order valence-electron chi connectivity index (χ2n) is 8.98. The van der Waals surface area contributed by atoms with Crippen LogP contribution in [0.25, 0.3) is 0 Å². The molecule has 4 unspecified atom stereocenters. The molecule has 0 amide bonds. The summed E-state index contributed by atoms with van der Waals surface area (Å²) in [7, 11) is 0. The average molecular weight is 520 g/mol. The molecule has 0 aromatic rings. The minimum absolute atomic E-state index is 0.914. The lowest BCUT2D eigenvalue weighted by Crippen LogP contribution is -2.85. The van der Waals surface area contributed by atoms with E-state index in [9.17, 15) is 71.5 Å². The standard InChI is InChI=1S/C18H32O17/c19-1-3-11(5(22)9(26)15(31)33-3)34-16-10(27)8(25)12(28)17(2-20,35-16)18(32)13(29)6(23)4(21)7(24)14(18)30/h3-16,19-32H,1-2H2/t3-,4?,5-,6-,7+,8-,9?,10-,11-,12-,13-,14-,15?,16-,17+,18?/m1/s1. The maximum Gasteiger partial charge on any atom is 0.187 e. The predicted molar refractivity (Wildman–Crippen MR) is 103 cm³/mol. The molecule has 3 aliphatic rings. The molecular formula is C18H32O17. The molecule has 3 rings (SSSR count). The van der Waals surface area contributed by atoms with E-state index < -0.39 is 110 Å². The van der Waals surface area contributed by atoms with Crippen LogP contribution in [0.4, 0.5) is 0 Å². The Kier molecular flexibility index (Phi) is 8.45. The van der Waals surface area contributed by atoms with Gasteiger partial charge in [-0.15, -0.1) is 0 Å². The number of ether oxygens (including phenoxy) is 3. The van der Waals surface area contributed by atoms with Gasteiger partial charge in [-0.1, -0.05) is 0 Å². The molecule has 0 aromatic carbocycles. The number of rotatable bonds is 5. The van der Waals surface area contributed by atoms with Gasteiger partial charge in [0, 0.05) is 0 Å². The summed E-state index contributed by atoms with van der Waals surface area (Å²) in [5.41, 5.74) is -6.57. The van der Waals surface area contributed by atoms with Crippen LogP contribution in [0.1, 0.15) is 0 Å². The van der Waals surface area contributed by atoms with Crippen LogP contribution in [0.15, 0.2) is 0 Å². The molecule has 3 fully saturated rings. The summed E-state index contributed by atoms with van der Waals surface area (Å²) in [5, 5.41) is 143. The van der Waals surface area contributed by atoms with Crippen molar-refractivity contribution in [3.63, 3.8) is 0 Å². The predicted octanol–water partition coefficient (Wildman–Crippen LogP) is -9.48. The number of aliphatic hydroxyl groups is 14. The van der Waals surface area contributed by atoms with Crippen LogP contribution in [0.5, 0.6) is 0 Å². The van der Waals surface area contributed by atoms with Gasteiger partial charge in [-0.05, 0) is 0 Å². The molecule has 0 radical (unpaired) electrons. The van der Waals surface area contributed by atoms with E-state index in [0.29, 0.717) is 0 Å². The fourth-order valence-corrected chi connectivity index (χ4v) is 4.83. The highest BCUT2D eigenvalue weighted by molar-refractivity contribution is 5.22. The topological polar surface area (TPSA) is 311 Å². The molecule has 0 bridgehead atoms. The molecule has 0 spiro atoms. The zero-order valence-electron chi connectivity index (χ0n) is 18.0. The Bertz CT molecular complexity index is 709. The Morgan fingerprint density at radius 1 is 0.629 bits per heavy atom. The summed E-state index contributed by atoms with van der Waals surface area (Å²) in [6, 6.07) is 0. The van der Waals surface area contributed by atoms with Gasteiger partial charge in [0.25, 0.3) is 0 Å². The molecule has 17 heteroatoms. The molecule has 206 valence electrons. The fraction of sp³-hybridized carbons (Fsp3) is 1.00. The molecule has 2 aliphatic heterocycles. The van der Waals surface area contributed by atoms with E-state index in [2.05, 4.69) is 0 Å². The van der Waals surface area contributed by atoms with Crippen molar-refractivity contribution in [1.29, 1.82) is 0 Å². The first kappa shape index (κ1) is 28.9. The molecule has 17 nitrogen and oxygen atoms in total. The quantitative estimate of drug-likeness (QED) is 0.160. The molecule has 1 saturated carbocycles. The van der Waals surface area contributed by atoms with Crippen molar-refractivity contribution in [3.8, 4) is 0 Å².